The van der Waals surface area contributed by atoms with E-state index >= 15 is 0 Å². The zero-order valence-corrected chi connectivity index (χ0v) is 9.93. The number of hydrogen-bond donors (Lipinski definition) is 1. The number of nitrogens with one attached hydrogen (secondary N) is 1. The van der Waals surface area contributed by atoms with Crippen LogP contribution < -0.4 is 5.69 Å². The largest absolute Gasteiger partial charge is 0.344 e. The Hall–Kier alpha value is -1.04. The molecule has 1 aromatic rings. The van der Waals surface area contributed by atoms with E-state index in [0.29, 0.717) is 17.3 Å². The number of thioether (sulfide) groups is 1. The lowest BCUT2D eigenvalue weighted by Gasteiger charge is -2.07. The Labute approximate surface area is 92.3 Å². The monoisotopic (exact) mass is 229 g/mol. The van der Waals surface area contributed by atoms with Crippen LogP contribution in [0.5, 0.6) is 0 Å². The minimum atomic E-state index is -0.199. The molecule has 1 aromatic heterocycles. The molecule has 0 unspecified atom stereocenters. The average molecular weight is 229 g/mol. The standard InChI is InChI=1S/C9H15N3O2S/c1-6(2)12-8(14)10-11-9(12)15-5-4-7(3)13/h6H,4-5H2,1-3H3,(H,10,14). The van der Waals surface area contributed by atoms with Gasteiger partial charge in [0, 0.05) is 18.2 Å². The molecular weight excluding hydrogens is 214 g/mol. The van der Waals surface area contributed by atoms with E-state index in [4.69, 9.17) is 0 Å². The van der Waals surface area contributed by atoms with Crippen molar-refractivity contribution in [1.82, 2.24) is 14.8 Å². The molecule has 1 N–H and O–H groups in total. The summed E-state index contributed by atoms with van der Waals surface area (Å²) in [5, 5.41) is 6.97. The Bertz CT molecular complexity index is 394. The number of H-pyrrole nitrogens is 1. The first-order chi connectivity index (χ1) is 7.02. The number of aromatic amines is 1. The fraction of sp³-hybridized carbons (Fsp3) is 0.667. The van der Waals surface area contributed by atoms with Crippen molar-refractivity contribution in [1.29, 1.82) is 0 Å². The van der Waals surface area contributed by atoms with Crippen LogP contribution in [-0.2, 0) is 4.79 Å². The number of ketones is 1. The fourth-order valence-corrected chi connectivity index (χ4v) is 2.25. The van der Waals surface area contributed by atoms with Crippen LogP contribution in [0.15, 0.2) is 9.95 Å². The van der Waals surface area contributed by atoms with E-state index < -0.39 is 0 Å². The molecule has 0 aromatic carbocycles. The number of rotatable bonds is 5. The van der Waals surface area contributed by atoms with Gasteiger partial charge >= 0.3 is 5.69 Å². The molecule has 0 aliphatic heterocycles. The second-order valence-electron chi connectivity index (χ2n) is 3.58. The minimum absolute atomic E-state index is 0.0797. The predicted molar refractivity (Wildman–Crippen MR) is 59.3 cm³/mol. The van der Waals surface area contributed by atoms with Crippen LogP contribution in [0.4, 0.5) is 0 Å². The lowest BCUT2D eigenvalue weighted by atomic mass is 10.4. The van der Waals surface area contributed by atoms with Gasteiger partial charge in [0.15, 0.2) is 5.16 Å². The molecule has 0 aliphatic rings. The molecule has 15 heavy (non-hydrogen) atoms. The van der Waals surface area contributed by atoms with Gasteiger partial charge < -0.3 is 0 Å². The lowest BCUT2D eigenvalue weighted by molar-refractivity contribution is -0.116. The van der Waals surface area contributed by atoms with Gasteiger partial charge in [0.2, 0.25) is 0 Å². The Morgan fingerprint density at radius 3 is 2.80 bits per heavy atom. The number of carbonyl (C=O) groups excluding carboxylic acids is 1. The number of hydrogen-bond acceptors (Lipinski definition) is 4. The van der Waals surface area contributed by atoms with E-state index in [2.05, 4.69) is 10.2 Å². The van der Waals surface area contributed by atoms with E-state index in [1.807, 2.05) is 13.8 Å². The maximum atomic E-state index is 11.3. The van der Waals surface area contributed by atoms with Gasteiger partial charge in [0.05, 0.1) is 0 Å². The molecule has 0 radical (unpaired) electrons. The molecule has 0 aliphatic carbocycles. The molecule has 0 saturated heterocycles. The molecule has 0 bridgehead atoms. The van der Waals surface area contributed by atoms with Gasteiger partial charge in [0.25, 0.3) is 0 Å². The third-order valence-corrected chi connectivity index (χ3v) is 2.83. The van der Waals surface area contributed by atoms with E-state index in [1.54, 1.807) is 11.5 Å². The Morgan fingerprint density at radius 2 is 2.27 bits per heavy atom. The smallest absolute Gasteiger partial charge is 0.300 e. The summed E-state index contributed by atoms with van der Waals surface area (Å²) < 4.78 is 1.59. The highest BCUT2D eigenvalue weighted by Gasteiger charge is 2.11. The van der Waals surface area contributed by atoms with Gasteiger partial charge in [-0.2, -0.15) is 0 Å². The maximum Gasteiger partial charge on any atom is 0.344 e. The zero-order chi connectivity index (χ0) is 11.4. The summed E-state index contributed by atoms with van der Waals surface area (Å²) in [4.78, 5) is 22.1. The van der Waals surface area contributed by atoms with E-state index in [9.17, 15) is 9.59 Å². The molecule has 0 amide bonds. The van der Waals surface area contributed by atoms with E-state index in [1.165, 1.54) is 11.8 Å². The van der Waals surface area contributed by atoms with Crippen LogP contribution in [0.1, 0.15) is 33.2 Å². The predicted octanol–water partition coefficient (Wildman–Crippen LogP) is 1.22. The van der Waals surface area contributed by atoms with Gasteiger partial charge in [-0.25, -0.2) is 9.89 Å². The molecule has 1 heterocycles. The first-order valence-corrected chi connectivity index (χ1v) is 5.80. The zero-order valence-electron chi connectivity index (χ0n) is 9.11. The second kappa shape index (κ2) is 5.16. The molecule has 6 heteroatoms. The van der Waals surface area contributed by atoms with Crippen molar-refractivity contribution in [3.63, 3.8) is 0 Å². The van der Waals surface area contributed by atoms with Crippen LogP contribution in [0, 0.1) is 0 Å². The van der Waals surface area contributed by atoms with Crippen molar-refractivity contribution < 1.29 is 4.79 Å². The van der Waals surface area contributed by atoms with Gasteiger partial charge in [-0.3, -0.25) is 9.36 Å². The third kappa shape index (κ3) is 3.23. The number of aromatic nitrogens is 3. The minimum Gasteiger partial charge on any atom is -0.300 e. The van der Waals surface area contributed by atoms with Crippen LogP contribution in [-0.4, -0.2) is 26.3 Å². The van der Waals surface area contributed by atoms with Crippen molar-refractivity contribution in [3.05, 3.63) is 10.5 Å². The lowest BCUT2D eigenvalue weighted by Crippen LogP contribution is -2.19. The normalized spacial score (nSPS) is 10.9. The maximum absolute atomic E-state index is 11.3. The van der Waals surface area contributed by atoms with Crippen molar-refractivity contribution in [2.24, 2.45) is 0 Å². The topological polar surface area (TPSA) is 67.8 Å². The summed E-state index contributed by atoms with van der Waals surface area (Å²) >= 11 is 1.42. The van der Waals surface area contributed by atoms with Crippen molar-refractivity contribution >= 4 is 17.5 Å². The molecule has 5 nitrogen and oxygen atoms in total. The molecule has 1 rings (SSSR count). The Kier molecular flexibility index (Phi) is 4.14. The fourth-order valence-electron chi connectivity index (χ4n) is 1.13. The molecule has 0 spiro atoms. The van der Waals surface area contributed by atoms with Crippen LogP contribution in [0.3, 0.4) is 0 Å². The van der Waals surface area contributed by atoms with Crippen molar-refractivity contribution in [2.45, 2.75) is 38.4 Å². The van der Waals surface area contributed by atoms with Crippen LogP contribution in [0.25, 0.3) is 0 Å². The summed E-state index contributed by atoms with van der Waals surface area (Å²) in [7, 11) is 0. The number of nitrogens with zero attached hydrogens (tertiary/aromatic N) is 2. The van der Waals surface area contributed by atoms with Gasteiger partial charge in [0.1, 0.15) is 5.78 Å². The summed E-state index contributed by atoms with van der Waals surface area (Å²) in [5.74, 6) is 0.809. The molecule has 84 valence electrons. The summed E-state index contributed by atoms with van der Waals surface area (Å²) in [6, 6.07) is 0.0797. The molecule has 0 saturated carbocycles. The molecule has 0 fully saturated rings. The third-order valence-electron chi connectivity index (χ3n) is 1.87. The van der Waals surface area contributed by atoms with E-state index in [0.717, 1.165) is 0 Å². The molecule has 0 atom stereocenters. The van der Waals surface area contributed by atoms with Crippen LogP contribution in [0.2, 0.25) is 0 Å². The van der Waals surface area contributed by atoms with Gasteiger partial charge in [-0.1, -0.05) is 11.8 Å². The number of carbonyl (C=O) groups is 1. The van der Waals surface area contributed by atoms with Crippen molar-refractivity contribution in [2.75, 3.05) is 5.75 Å². The highest BCUT2D eigenvalue weighted by molar-refractivity contribution is 7.99. The quantitative estimate of drug-likeness (QED) is 0.771. The summed E-state index contributed by atoms with van der Waals surface area (Å²) in [6.45, 7) is 5.40. The summed E-state index contributed by atoms with van der Waals surface area (Å²) in [5.41, 5.74) is -0.199. The highest BCUT2D eigenvalue weighted by atomic mass is 32.2. The van der Waals surface area contributed by atoms with Gasteiger partial charge in [-0.15, -0.1) is 5.10 Å². The SMILES string of the molecule is CC(=O)CCSc1n[nH]c(=O)n1C(C)C. The summed E-state index contributed by atoms with van der Waals surface area (Å²) in [6.07, 6.45) is 0.504. The first-order valence-electron chi connectivity index (χ1n) is 4.81. The highest BCUT2D eigenvalue weighted by Crippen LogP contribution is 2.17. The second-order valence-corrected chi connectivity index (χ2v) is 4.64. The number of Topliss-reactive ketones (excluding diaryl/α,β-unsaturated/α-hetero) is 1. The van der Waals surface area contributed by atoms with Gasteiger partial charge in [-0.05, 0) is 20.8 Å². The Balaban J connectivity index is 2.69. The average Bonchev–Trinajstić information content (AvgIpc) is 2.46. The van der Waals surface area contributed by atoms with Crippen molar-refractivity contribution in [3.8, 4) is 0 Å². The molecular formula is C9H15N3O2S. The Morgan fingerprint density at radius 1 is 1.60 bits per heavy atom. The van der Waals surface area contributed by atoms with Crippen LogP contribution >= 0.6 is 11.8 Å². The first kappa shape index (κ1) is 12.0. The van der Waals surface area contributed by atoms with E-state index in [-0.39, 0.29) is 17.5 Å².